The smallest absolute Gasteiger partial charge is 0.434 e. The van der Waals surface area contributed by atoms with Gasteiger partial charge in [-0.1, -0.05) is 6.42 Å². The molecule has 8 nitrogen and oxygen atoms in total. The lowest BCUT2D eigenvalue weighted by atomic mass is 9.58. The number of hydrogen-bond donors (Lipinski definition) is 2. The van der Waals surface area contributed by atoms with Crippen molar-refractivity contribution in [2.75, 3.05) is 24.7 Å². The number of carboxylic acids is 1. The third-order valence-electron chi connectivity index (χ3n) is 11.0. The number of hydrogen-bond acceptors (Lipinski definition) is 6. The van der Waals surface area contributed by atoms with Crippen molar-refractivity contribution in [1.82, 2.24) is 15.3 Å². The van der Waals surface area contributed by atoms with Crippen LogP contribution in [-0.2, 0) is 27.3 Å². The molecule has 3 heterocycles. The van der Waals surface area contributed by atoms with Crippen LogP contribution in [0.4, 0.5) is 38.0 Å². The van der Waals surface area contributed by atoms with Crippen LogP contribution in [-0.4, -0.2) is 52.2 Å². The molecule has 1 aromatic heterocycles. The number of halogens is 6. The second-order valence-electron chi connectivity index (χ2n) is 13.4. The zero-order valence-electron chi connectivity index (χ0n) is 24.2. The number of aliphatic carboxylic acids is 1. The molecule has 2 aliphatic heterocycles. The fourth-order valence-electron chi connectivity index (χ4n) is 9.03. The number of aromatic nitrogens is 2. The molecule has 2 N–H and O–H groups in total. The Morgan fingerprint density at radius 2 is 1.67 bits per heavy atom. The van der Waals surface area contributed by atoms with Crippen molar-refractivity contribution in [3.8, 4) is 0 Å². The Hall–Kier alpha value is -3.42. The number of carbonyl (C=O) groups excluding carboxylic acids is 1. The maximum absolute atomic E-state index is 14.5. The van der Waals surface area contributed by atoms with Gasteiger partial charge in [-0.25, -0.2) is 14.8 Å². The number of nitrogens with zero attached hydrogens (tertiary/aromatic N) is 3. The Labute approximate surface area is 254 Å². The molecule has 4 aliphatic carbocycles. The second kappa shape index (κ2) is 10.3. The summed E-state index contributed by atoms with van der Waals surface area (Å²) in [6.07, 6.45) is -4.08. The first-order chi connectivity index (χ1) is 21.2. The fourth-order valence-corrected chi connectivity index (χ4v) is 9.03. The highest BCUT2D eigenvalue weighted by Gasteiger charge is 2.60. The maximum atomic E-state index is 14.5. The average Bonchev–Trinajstić information content (AvgIpc) is 3.13. The van der Waals surface area contributed by atoms with E-state index in [1.807, 2.05) is 0 Å². The molecule has 2 aromatic rings. The molecule has 1 amide bonds. The summed E-state index contributed by atoms with van der Waals surface area (Å²) >= 11 is 0. The minimum Gasteiger partial charge on any atom is -0.479 e. The number of fused-ring (bicyclic) bond motifs is 3. The number of nitrogens with one attached hydrogen (secondary N) is 1. The van der Waals surface area contributed by atoms with Gasteiger partial charge in [0.1, 0.15) is 5.54 Å². The van der Waals surface area contributed by atoms with Crippen molar-refractivity contribution in [1.29, 1.82) is 0 Å². The van der Waals surface area contributed by atoms with Crippen molar-refractivity contribution in [2.45, 2.75) is 74.7 Å². The molecule has 14 heteroatoms. The van der Waals surface area contributed by atoms with Gasteiger partial charge in [0.05, 0.1) is 11.1 Å². The van der Waals surface area contributed by atoms with Gasteiger partial charge in [0, 0.05) is 37.1 Å². The number of benzene rings is 1. The summed E-state index contributed by atoms with van der Waals surface area (Å²) in [5.41, 5.74) is -5.22. The SMILES string of the molecule is O=C(NC1(C(=O)O)C2CCC3CC(C2)CC1C3)c1cnc(N2CC3(CCOCC3)c3cc(C(F)(F)F)ccc32)nc1C(F)(F)F. The summed E-state index contributed by atoms with van der Waals surface area (Å²) in [6, 6.07) is 3.12. The van der Waals surface area contributed by atoms with E-state index in [1.54, 1.807) is 0 Å². The molecule has 8 rings (SSSR count). The molecule has 4 bridgehead atoms. The Morgan fingerprint density at radius 3 is 2.36 bits per heavy atom. The summed E-state index contributed by atoms with van der Waals surface area (Å²) in [4.78, 5) is 35.8. The predicted octanol–water partition coefficient (Wildman–Crippen LogP) is 6.11. The van der Waals surface area contributed by atoms with Crippen LogP contribution in [0.2, 0.25) is 0 Å². The fraction of sp³-hybridized carbons (Fsp3) is 0.613. The van der Waals surface area contributed by atoms with Crippen LogP contribution in [0.25, 0.3) is 0 Å². The lowest BCUT2D eigenvalue weighted by molar-refractivity contribution is -0.154. The lowest BCUT2D eigenvalue weighted by Gasteiger charge is -2.50. The molecular formula is C31H32F6N4O4. The molecule has 45 heavy (non-hydrogen) atoms. The third-order valence-corrected chi connectivity index (χ3v) is 11.0. The second-order valence-corrected chi connectivity index (χ2v) is 13.4. The number of carboxylic acid groups (broad SMARTS) is 1. The first kappa shape index (κ1) is 30.2. The highest BCUT2D eigenvalue weighted by Crippen LogP contribution is 2.56. The van der Waals surface area contributed by atoms with Crippen LogP contribution in [0.5, 0.6) is 0 Å². The molecule has 0 radical (unpaired) electrons. The summed E-state index contributed by atoms with van der Waals surface area (Å²) in [7, 11) is 0. The van der Waals surface area contributed by atoms with Crippen LogP contribution in [0, 0.1) is 23.7 Å². The number of rotatable bonds is 4. The lowest BCUT2D eigenvalue weighted by Crippen LogP contribution is -2.66. The van der Waals surface area contributed by atoms with Crippen LogP contribution in [0.15, 0.2) is 24.4 Å². The zero-order chi connectivity index (χ0) is 31.9. The van der Waals surface area contributed by atoms with E-state index >= 15 is 0 Å². The summed E-state index contributed by atoms with van der Waals surface area (Å²) in [5, 5.41) is 13.0. The molecule has 4 saturated carbocycles. The average molecular weight is 639 g/mol. The minimum atomic E-state index is -5.11. The molecular weight excluding hydrogens is 606 g/mol. The Kier molecular flexibility index (Phi) is 6.92. The van der Waals surface area contributed by atoms with Crippen molar-refractivity contribution in [3.63, 3.8) is 0 Å². The molecule has 1 spiro atoms. The van der Waals surface area contributed by atoms with Gasteiger partial charge in [-0.05, 0) is 92.4 Å². The van der Waals surface area contributed by atoms with Crippen LogP contribution < -0.4 is 10.2 Å². The van der Waals surface area contributed by atoms with Crippen molar-refractivity contribution >= 4 is 23.5 Å². The Morgan fingerprint density at radius 1 is 0.956 bits per heavy atom. The van der Waals surface area contributed by atoms with Gasteiger partial charge >= 0.3 is 18.3 Å². The quantitative estimate of drug-likeness (QED) is 0.390. The van der Waals surface area contributed by atoms with Gasteiger partial charge in [-0.2, -0.15) is 26.3 Å². The summed E-state index contributed by atoms with van der Waals surface area (Å²) < 4.78 is 90.0. The molecule has 5 fully saturated rings. The van der Waals surface area contributed by atoms with Crippen LogP contribution in [0.3, 0.4) is 0 Å². The largest absolute Gasteiger partial charge is 0.479 e. The van der Waals surface area contributed by atoms with Gasteiger partial charge in [0.2, 0.25) is 5.95 Å². The Bertz CT molecular complexity index is 1530. The van der Waals surface area contributed by atoms with Crippen LogP contribution >= 0.6 is 0 Å². The van der Waals surface area contributed by atoms with E-state index in [2.05, 4.69) is 15.3 Å². The number of anilines is 2. The van der Waals surface area contributed by atoms with Crippen LogP contribution in [0.1, 0.15) is 78.5 Å². The number of amides is 1. The van der Waals surface area contributed by atoms with Gasteiger partial charge in [-0.15, -0.1) is 0 Å². The molecule has 5 unspecified atom stereocenters. The number of ether oxygens (including phenoxy) is 1. The van der Waals surface area contributed by atoms with Gasteiger partial charge in [0.25, 0.3) is 5.91 Å². The Balaban J connectivity index is 1.26. The molecule has 242 valence electrons. The molecule has 1 saturated heterocycles. The zero-order valence-corrected chi connectivity index (χ0v) is 24.2. The van der Waals surface area contributed by atoms with E-state index in [0.29, 0.717) is 55.9 Å². The number of carbonyl (C=O) groups is 2. The van der Waals surface area contributed by atoms with E-state index in [4.69, 9.17) is 4.74 Å². The molecule has 1 aromatic carbocycles. The van der Waals surface area contributed by atoms with E-state index in [1.165, 1.54) is 11.0 Å². The normalized spacial score (nSPS) is 30.3. The maximum Gasteiger partial charge on any atom is 0.434 e. The molecule has 6 aliphatic rings. The van der Waals surface area contributed by atoms with Crippen molar-refractivity contribution in [2.24, 2.45) is 23.7 Å². The van der Waals surface area contributed by atoms with Crippen molar-refractivity contribution in [3.05, 3.63) is 46.8 Å². The van der Waals surface area contributed by atoms with E-state index in [0.717, 1.165) is 31.2 Å². The third kappa shape index (κ3) is 4.85. The summed E-state index contributed by atoms with van der Waals surface area (Å²) in [5.74, 6) is -2.98. The van der Waals surface area contributed by atoms with Gasteiger partial charge in [0.15, 0.2) is 5.69 Å². The highest BCUT2D eigenvalue weighted by atomic mass is 19.4. The monoisotopic (exact) mass is 638 g/mol. The van der Waals surface area contributed by atoms with Gasteiger partial charge in [-0.3, -0.25) is 4.79 Å². The molecule has 5 atom stereocenters. The predicted molar refractivity (Wildman–Crippen MR) is 147 cm³/mol. The highest BCUT2D eigenvalue weighted by molar-refractivity contribution is 5.99. The summed E-state index contributed by atoms with van der Waals surface area (Å²) in [6.45, 7) is 0.571. The van der Waals surface area contributed by atoms with E-state index < -0.39 is 69.8 Å². The van der Waals surface area contributed by atoms with E-state index in [9.17, 15) is 41.0 Å². The standard InChI is InChI=1S/C31H32F6N4O4/c32-30(33,34)19-3-4-23-22(13-19)28(5-7-45-8-6-28)15-41(23)27-38-14-21(24(39-27)31(35,36)37)25(42)40-29(26(43)44)18-2-1-16-9-17(11-18)12-20(29)10-16/h3-4,13-14,16-18,20H,1-2,5-12,15H2,(H,40,42)(H,43,44). The minimum absolute atomic E-state index is 0.0314. The van der Waals surface area contributed by atoms with E-state index in [-0.39, 0.29) is 25.4 Å². The topological polar surface area (TPSA) is 105 Å². The first-order valence-corrected chi connectivity index (χ1v) is 15.3. The number of alkyl halides is 6. The van der Waals surface area contributed by atoms with Crippen molar-refractivity contribution < 1.29 is 45.8 Å². The first-order valence-electron chi connectivity index (χ1n) is 15.3. The van der Waals surface area contributed by atoms with Gasteiger partial charge < -0.3 is 20.1 Å².